The molecule has 0 aromatic carbocycles. The van der Waals surface area contributed by atoms with E-state index in [0.717, 1.165) is 23.4 Å². The number of carbonyl (C=O) groups is 1. The monoisotopic (exact) mass is 382 g/mol. The molecule has 0 saturated carbocycles. The van der Waals surface area contributed by atoms with Gasteiger partial charge < -0.3 is 4.90 Å². The lowest BCUT2D eigenvalue weighted by molar-refractivity contribution is -0.142. The maximum atomic E-state index is 13.3. The van der Waals surface area contributed by atoms with Crippen molar-refractivity contribution < 1.29 is 18.0 Å². The number of likely N-dealkylation sites (tertiary alicyclic amines) is 1. The molecule has 0 N–H and O–H groups in total. The average Bonchev–Trinajstić information content (AvgIpc) is 3.05. The van der Waals surface area contributed by atoms with E-state index in [4.69, 9.17) is 0 Å². The van der Waals surface area contributed by atoms with Crippen LogP contribution in [0.3, 0.4) is 0 Å². The van der Waals surface area contributed by atoms with Crippen molar-refractivity contribution >= 4 is 11.6 Å². The number of aryl methyl sites for hydroxylation is 1. The number of nitrogens with zero attached hydrogens (tertiary/aromatic N) is 4. The van der Waals surface area contributed by atoms with Gasteiger partial charge >= 0.3 is 6.18 Å². The molecule has 0 spiro atoms. The van der Waals surface area contributed by atoms with Gasteiger partial charge in [-0.1, -0.05) is 13.8 Å². The van der Waals surface area contributed by atoms with Crippen molar-refractivity contribution in [3.8, 4) is 0 Å². The molecule has 3 rings (SSSR count). The molecule has 0 unspecified atom stereocenters. The summed E-state index contributed by atoms with van der Waals surface area (Å²) >= 11 is 0. The van der Waals surface area contributed by atoms with Gasteiger partial charge in [0.1, 0.15) is 5.69 Å². The van der Waals surface area contributed by atoms with Crippen molar-refractivity contribution in [1.82, 2.24) is 19.5 Å². The Labute approximate surface area is 156 Å². The third kappa shape index (κ3) is 3.94. The first-order valence-electron chi connectivity index (χ1n) is 9.47. The van der Waals surface area contributed by atoms with Crippen molar-refractivity contribution in [2.24, 2.45) is 5.92 Å². The van der Waals surface area contributed by atoms with Crippen molar-refractivity contribution in [2.75, 3.05) is 13.1 Å². The quantitative estimate of drug-likeness (QED) is 0.796. The first-order chi connectivity index (χ1) is 12.7. The Kier molecular flexibility index (Phi) is 5.44. The summed E-state index contributed by atoms with van der Waals surface area (Å²) in [6.07, 6.45) is -1.42. The van der Waals surface area contributed by atoms with E-state index < -0.39 is 11.9 Å². The van der Waals surface area contributed by atoms with Crippen LogP contribution in [0, 0.1) is 12.8 Å². The topological polar surface area (TPSA) is 50.5 Å². The van der Waals surface area contributed by atoms with Crippen molar-refractivity contribution in [3.63, 3.8) is 0 Å². The molecule has 0 radical (unpaired) electrons. The van der Waals surface area contributed by atoms with Crippen LogP contribution in [0.2, 0.25) is 0 Å². The number of alkyl halides is 3. The van der Waals surface area contributed by atoms with Crippen molar-refractivity contribution in [2.45, 2.75) is 58.5 Å². The van der Waals surface area contributed by atoms with Crippen LogP contribution in [0.1, 0.15) is 62.5 Å². The first-order valence-corrected chi connectivity index (χ1v) is 9.47. The van der Waals surface area contributed by atoms with E-state index in [9.17, 15) is 18.0 Å². The third-order valence-corrected chi connectivity index (χ3v) is 5.42. The van der Waals surface area contributed by atoms with E-state index in [2.05, 4.69) is 10.1 Å². The number of halogens is 3. The minimum Gasteiger partial charge on any atom is -0.342 e. The Balaban J connectivity index is 1.79. The van der Waals surface area contributed by atoms with Gasteiger partial charge in [0.05, 0.1) is 5.69 Å². The molecular weight excluding hydrogens is 357 g/mol. The predicted molar refractivity (Wildman–Crippen MR) is 95.4 cm³/mol. The number of carbonyl (C=O) groups excluding carboxylic acids is 1. The summed E-state index contributed by atoms with van der Waals surface area (Å²) in [7, 11) is 0. The van der Waals surface area contributed by atoms with Crippen LogP contribution in [-0.2, 0) is 11.0 Å². The first kappa shape index (κ1) is 19.6. The number of piperidine rings is 1. The van der Waals surface area contributed by atoms with Gasteiger partial charge in [-0.15, -0.1) is 0 Å². The van der Waals surface area contributed by atoms with Gasteiger partial charge in [-0.25, -0.2) is 9.50 Å². The van der Waals surface area contributed by atoms with Crippen molar-refractivity contribution in [3.05, 3.63) is 29.2 Å². The van der Waals surface area contributed by atoms with Gasteiger partial charge in [0.25, 0.3) is 0 Å². The highest BCUT2D eigenvalue weighted by Crippen LogP contribution is 2.33. The molecular formula is C19H25F3N4O. The van der Waals surface area contributed by atoms with Crippen LogP contribution < -0.4 is 0 Å². The zero-order chi connectivity index (χ0) is 19.8. The van der Waals surface area contributed by atoms with E-state index >= 15 is 0 Å². The Morgan fingerprint density at radius 2 is 1.85 bits per heavy atom. The van der Waals surface area contributed by atoms with E-state index in [1.807, 2.05) is 18.7 Å². The number of hydrogen-bond donors (Lipinski definition) is 0. The fourth-order valence-corrected chi connectivity index (χ4v) is 3.81. The molecule has 1 fully saturated rings. The Bertz CT molecular complexity index is 818. The molecule has 2 aromatic rings. The Morgan fingerprint density at radius 3 is 2.41 bits per heavy atom. The maximum absolute atomic E-state index is 13.3. The molecule has 1 saturated heterocycles. The van der Waals surface area contributed by atoms with Gasteiger partial charge in [0.15, 0.2) is 5.65 Å². The van der Waals surface area contributed by atoms with Crippen LogP contribution in [0.25, 0.3) is 5.65 Å². The summed E-state index contributed by atoms with van der Waals surface area (Å²) in [6, 6.07) is 2.66. The minimum absolute atomic E-state index is 0.0406. The van der Waals surface area contributed by atoms with E-state index in [-0.39, 0.29) is 23.4 Å². The van der Waals surface area contributed by atoms with Crippen LogP contribution >= 0.6 is 0 Å². The molecule has 0 aliphatic carbocycles. The molecule has 2 aromatic heterocycles. The molecule has 27 heavy (non-hydrogen) atoms. The molecule has 0 bridgehead atoms. The minimum atomic E-state index is -4.49. The second-order valence-corrected chi connectivity index (χ2v) is 7.23. The SMILES string of the molecule is CCC(CC)C(=O)N1CCC(c2cc3nc(C)cc(C(F)(F)F)n3n2)CC1. The molecule has 8 heteroatoms. The summed E-state index contributed by atoms with van der Waals surface area (Å²) in [5.41, 5.74) is 0.338. The van der Waals surface area contributed by atoms with Crippen LogP contribution in [0.15, 0.2) is 12.1 Å². The van der Waals surface area contributed by atoms with Crippen LogP contribution in [-0.4, -0.2) is 38.5 Å². The summed E-state index contributed by atoms with van der Waals surface area (Å²) in [5, 5.41) is 4.21. The van der Waals surface area contributed by atoms with Gasteiger partial charge in [-0.05, 0) is 38.7 Å². The Hall–Kier alpha value is -2.12. The van der Waals surface area contributed by atoms with E-state index in [0.29, 0.717) is 37.3 Å². The number of amides is 1. The van der Waals surface area contributed by atoms with Crippen LogP contribution in [0.4, 0.5) is 13.2 Å². The summed E-state index contributed by atoms with van der Waals surface area (Å²) in [6.45, 7) is 6.81. The zero-order valence-electron chi connectivity index (χ0n) is 15.9. The average molecular weight is 382 g/mol. The predicted octanol–water partition coefficient (Wildman–Crippen LogP) is 4.20. The maximum Gasteiger partial charge on any atom is 0.433 e. The molecule has 1 aliphatic heterocycles. The molecule has 148 valence electrons. The highest BCUT2D eigenvalue weighted by atomic mass is 19.4. The highest BCUT2D eigenvalue weighted by molar-refractivity contribution is 5.78. The fourth-order valence-electron chi connectivity index (χ4n) is 3.81. The lowest BCUT2D eigenvalue weighted by atomic mass is 9.92. The fraction of sp³-hybridized carbons (Fsp3) is 0.632. The summed E-state index contributed by atoms with van der Waals surface area (Å²) in [4.78, 5) is 18.6. The Morgan fingerprint density at radius 1 is 1.22 bits per heavy atom. The number of hydrogen-bond acceptors (Lipinski definition) is 3. The highest BCUT2D eigenvalue weighted by Gasteiger charge is 2.35. The summed E-state index contributed by atoms with van der Waals surface area (Å²) in [5.74, 6) is 0.280. The smallest absolute Gasteiger partial charge is 0.342 e. The van der Waals surface area contributed by atoms with Gasteiger partial charge in [0, 0.05) is 36.7 Å². The normalized spacial score (nSPS) is 16.5. The van der Waals surface area contributed by atoms with Crippen molar-refractivity contribution in [1.29, 1.82) is 0 Å². The molecule has 3 heterocycles. The second kappa shape index (κ2) is 7.48. The lowest BCUT2D eigenvalue weighted by Crippen LogP contribution is -2.41. The third-order valence-electron chi connectivity index (χ3n) is 5.42. The summed E-state index contributed by atoms with van der Waals surface area (Å²) < 4.78 is 40.8. The molecule has 5 nitrogen and oxygen atoms in total. The number of rotatable bonds is 4. The molecule has 1 amide bonds. The van der Waals surface area contributed by atoms with E-state index in [1.165, 1.54) is 0 Å². The molecule has 1 aliphatic rings. The van der Waals surface area contributed by atoms with Gasteiger partial charge in [-0.2, -0.15) is 18.3 Å². The van der Waals surface area contributed by atoms with E-state index in [1.54, 1.807) is 13.0 Å². The van der Waals surface area contributed by atoms with Crippen LogP contribution in [0.5, 0.6) is 0 Å². The van der Waals surface area contributed by atoms with Gasteiger partial charge in [0.2, 0.25) is 5.91 Å². The number of fused-ring (bicyclic) bond motifs is 1. The largest absolute Gasteiger partial charge is 0.433 e. The number of aromatic nitrogens is 3. The van der Waals surface area contributed by atoms with Gasteiger partial charge in [-0.3, -0.25) is 4.79 Å². The molecule has 0 atom stereocenters. The standard InChI is InChI=1S/C19H25F3N4O/c1-4-13(5-2)18(27)25-8-6-14(7-9-25)15-11-17-23-12(3)10-16(19(20,21)22)26(17)24-15/h10-11,13-14H,4-9H2,1-3H3. The lowest BCUT2D eigenvalue weighted by Gasteiger charge is -2.33. The zero-order valence-corrected chi connectivity index (χ0v) is 15.9. The second-order valence-electron chi connectivity index (χ2n) is 7.23.